The predicted molar refractivity (Wildman–Crippen MR) is 62.3 cm³/mol. The van der Waals surface area contributed by atoms with Crippen LogP contribution >= 0.6 is 0 Å². The Labute approximate surface area is 95.7 Å². The zero-order chi connectivity index (χ0) is 11.5. The van der Waals surface area contributed by atoms with Crippen molar-refractivity contribution in [2.24, 2.45) is 0 Å². The van der Waals surface area contributed by atoms with Crippen LogP contribution in [0.25, 0.3) is 0 Å². The van der Waals surface area contributed by atoms with Crippen LogP contribution in [0.4, 0.5) is 0 Å². The molecular weight excluding hydrogens is 202 g/mol. The van der Waals surface area contributed by atoms with E-state index in [-0.39, 0.29) is 12.0 Å². The molecule has 16 heavy (non-hydrogen) atoms. The van der Waals surface area contributed by atoms with Gasteiger partial charge in [0.15, 0.2) is 0 Å². The summed E-state index contributed by atoms with van der Waals surface area (Å²) in [7, 11) is 0. The van der Waals surface area contributed by atoms with Crippen LogP contribution in [0.3, 0.4) is 0 Å². The van der Waals surface area contributed by atoms with Crippen LogP contribution in [-0.4, -0.2) is 35.1 Å². The van der Waals surface area contributed by atoms with E-state index in [0.29, 0.717) is 19.5 Å². The molecule has 0 radical (unpaired) electrons. The molecule has 1 unspecified atom stereocenters. The van der Waals surface area contributed by atoms with Crippen molar-refractivity contribution >= 4 is 5.91 Å². The average molecular weight is 219 g/mol. The summed E-state index contributed by atoms with van der Waals surface area (Å²) in [6.07, 6.45) is 1.20. The largest absolute Gasteiger partial charge is 0.391 e. The van der Waals surface area contributed by atoms with Gasteiger partial charge in [0.25, 0.3) is 5.91 Å². The molecular formula is C13H17NO2. The number of carbonyl (C=O) groups is 1. The first-order valence-electron chi connectivity index (χ1n) is 5.77. The van der Waals surface area contributed by atoms with Crippen molar-refractivity contribution < 1.29 is 9.90 Å². The third-order valence-electron chi connectivity index (χ3n) is 3.08. The van der Waals surface area contributed by atoms with Gasteiger partial charge in [0.2, 0.25) is 0 Å². The lowest BCUT2D eigenvalue weighted by Gasteiger charge is -2.17. The quantitative estimate of drug-likeness (QED) is 0.818. The van der Waals surface area contributed by atoms with Gasteiger partial charge in [-0.25, -0.2) is 0 Å². The third-order valence-corrected chi connectivity index (χ3v) is 3.08. The van der Waals surface area contributed by atoms with Crippen LogP contribution < -0.4 is 0 Å². The number of hydrogen-bond donors (Lipinski definition) is 1. The van der Waals surface area contributed by atoms with Crippen molar-refractivity contribution in [3.8, 4) is 0 Å². The first-order chi connectivity index (χ1) is 7.72. The van der Waals surface area contributed by atoms with E-state index in [1.807, 2.05) is 31.2 Å². The first kappa shape index (κ1) is 11.1. The smallest absolute Gasteiger partial charge is 0.254 e. The van der Waals surface area contributed by atoms with Crippen molar-refractivity contribution in [1.82, 2.24) is 4.90 Å². The van der Waals surface area contributed by atoms with Crippen molar-refractivity contribution in [3.05, 3.63) is 35.4 Å². The van der Waals surface area contributed by atoms with Crippen LogP contribution in [0, 0.1) is 0 Å². The van der Waals surface area contributed by atoms with Crippen LogP contribution in [0.2, 0.25) is 0 Å². The molecule has 1 aliphatic rings. The molecule has 1 aliphatic heterocycles. The van der Waals surface area contributed by atoms with Gasteiger partial charge in [-0.05, 0) is 24.5 Å². The standard InChI is InChI=1S/C13H17NO2/c1-2-10-5-3-4-6-12(10)13(16)14-8-7-11(15)9-14/h3-6,11,15H,2,7-9H2,1H3. The summed E-state index contributed by atoms with van der Waals surface area (Å²) in [4.78, 5) is 13.9. The maximum absolute atomic E-state index is 12.2. The fourth-order valence-electron chi connectivity index (χ4n) is 2.13. The Kier molecular flexibility index (Phi) is 3.25. The van der Waals surface area contributed by atoms with Gasteiger partial charge in [0.05, 0.1) is 6.10 Å². The fraction of sp³-hybridized carbons (Fsp3) is 0.462. The summed E-state index contributed by atoms with van der Waals surface area (Å²) in [5, 5.41) is 9.43. The second-order valence-electron chi connectivity index (χ2n) is 4.20. The Bertz CT molecular complexity index is 389. The summed E-state index contributed by atoms with van der Waals surface area (Å²) in [6.45, 7) is 3.18. The van der Waals surface area contributed by atoms with E-state index < -0.39 is 0 Å². The van der Waals surface area contributed by atoms with Crippen molar-refractivity contribution in [2.75, 3.05) is 13.1 Å². The minimum Gasteiger partial charge on any atom is -0.391 e. The van der Waals surface area contributed by atoms with E-state index in [9.17, 15) is 9.90 Å². The number of aliphatic hydroxyl groups is 1. The zero-order valence-electron chi connectivity index (χ0n) is 9.52. The molecule has 3 heteroatoms. The number of rotatable bonds is 2. The molecule has 1 aromatic carbocycles. The lowest BCUT2D eigenvalue weighted by atomic mass is 10.0. The first-order valence-corrected chi connectivity index (χ1v) is 5.77. The molecule has 1 N–H and O–H groups in total. The van der Waals surface area contributed by atoms with Gasteiger partial charge >= 0.3 is 0 Å². The molecule has 3 nitrogen and oxygen atoms in total. The molecule has 0 bridgehead atoms. The highest BCUT2D eigenvalue weighted by molar-refractivity contribution is 5.95. The van der Waals surface area contributed by atoms with Crippen LogP contribution in [0.1, 0.15) is 29.3 Å². The predicted octanol–water partition coefficient (Wildman–Crippen LogP) is 1.46. The van der Waals surface area contributed by atoms with Gasteiger partial charge in [0, 0.05) is 18.7 Å². The number of β-amino-alcohol motifs (C(OH)–C–C–N with tert-alkyl or cyclic N) is 1. The van der Waals surface area contributed by atoms with E-state index in [1.54, 1.807) is 4.90 Å². The second kappa shape index (κ2) is 4.66. The average Bonchev–Trinajstić information content (AvgIpc) is 2.75. The minimum atomic E-state index is -0.349. The molecule has 1 fully saturated rings. The normalized spacial score (nSPS) is 20.1. The maximum atomic E-state index is 12.2. The van der Waals surface area contributed by atoms with Gasteiger partial charge < -0.3 is 10.0 Å². The third kappa shape index (κ3) is 2.09. The number of aliphatic hydroxyl groups excluding tert-OH is 1. The molecule has 0 aromatic heterocycles. The maximum Gasteiger partial charge on any atom is 0.254 e. The van der Waals surface area contributed by atoms with E-state index >= 15 is 0 Å². The highest BCUT2D eigenvalue weighted by Crippen LogP contribution is 2.16. The molecule has 1 heterocycles. The summed E-state index contributed by atoms with van der Waals surface area (Å²) in [6, 6.07) is 7.69. The molecule has 1 aromatic rings. The number of aryl methyl sites for hydroxylation is 1. The van der Waals surface area contributed by atoms with Gasteiger partial charge in [-0.15, -0.1) is 0 Å². The van der Waals surface area contributed by atoms with Gasteiger partial charge in [-0.3, -0.25) is 4.79 Å². The Hall–Kier alpha value is -1.35. The highest BCUT2D eigenvalue weighted by atomic mass is 16.3. The molecule has 1 atom stereocenters. The Morgan fingerprint density at radius 2 is 2.25 bits per heavy atom. The summed E-state index contributed by atoms with van der Waals surface area (Å²) in [5.41, 5.74) is 1.85. The lowest BCUT2D eigenvalue weighted by molar-refractivity contribution is 0.0764. The molecule has 0 spiro atoms. The minimum absolute atomic E-state index is 0.0500. The highest BCUT2D eigenvalue weighted by Gasteiger charge is 2.26. The number of amides is 1. The van der Waals surface area contributed by atoms with Gasteiger partial charge in [0.1, 0.15) is 0 Å². The molecule has 1 amide bonds. The van der Waals surface area contributed by atoms with Crippen LogP contribution in [0.15, 0.2) is 24.3 Å². The molecule has 0 aliphatic carbocycles. The van der Waals surface area contributed by atoms with E-state index in [1.165, 1.54) is 0 Å². The van der Waals surface area contributed by atoms with E-state index in [0.717, 1.165) is 17.5 Å². The van der Waals surface area contributed by atoms with Gasteiger partial charge in [-0.2, -0.15) is 0 Å². The van der Waals surface area contributed by atoms with Crippen molar-refractivity contribution in [3.63, 3.8) is 0 Å². The van der Waals surface area contributed by atoms with Gasteiger partial charge in [-0.1, -0.05) is 25.1 Å². The second-order valence-corrected chi connectivity index (χ2v) is 4.20. The zero-order valence-corrected chi connectivity index (χ0v) is 9.52. The van der Waals surface area contributed by atoms with E-state index in [2.05, 4.69) is 0 Å². The summed E-state index contributed by atoms with van der Waals surface area (Å²) >= 11 is 0. The number of benzene rings is 1. The van der Waals surface area contributed by atoms with Crippen molar-refractivity contribution in [2.45, 2.75) is 25.9 Å². The number of hydrogen-bond acceptors (Lipinski definition) is 2. The van der Waals surface area contributed by atoms with E-state index in [4.69, 9.17) is 0 Å². The molecule has 2 rings (SSSR count). The summed E-state index contributed by atoms with van der Waals surface area (Å²) in [5.74, 6) is 0.0500. The Morgan fingerprint density at radius 3 is 2.88 bits per heavy atom. The SMILES string of the molecule is CCc1ccccc1C(=O)N1CCC(O)C1. The monoisotopic (exact) mass is 219 g/mol. The Morgan fingerprint density at radius 1 is 1.50 bits per heavy atom. The lowest BCUT2D eigenvalue weighted by Crippen LogP contribution is -2.30. The molecule has 1 saturated heterocycles. The summed E-state index contributed by atoms with van der Waals surface area (Å²) < 4.78 is 0. The Balaban J connectivity index is 2.20. The molecule has 86 valence electrons. The topological polar surface area (TPSA) is 40.5 Å². The molecule has 0 saturated carbocycles. The number of carbonyl (C=O) groups excluding carboxylic acids is 1. The number of nitrogens with zero attached hydrogens (tertiary/aromatic N) is 1. The van der Waals surface area contributed by atoms with Crippen LogP contribution in [0.5, 0.6) is 0 Å². The van der Waals surface area contributed by atoms with Crippen molar-refractivity contribution in [1.29, 1.82) is 0 Å². The van der Waals surface area contributed by atoms with Crippen LogP contribution in [-0.2, 0) is 6.42 Å². The fourth-order valence-corrected chi connectivity index (χ4v) is 2.13. The number of likely N-dealkylation sites (tertiary alicyclic amines) is 1.